The van der Waals surface area contributed by atoms with Gasteiger partial charge in [-0.05, 0) is 18.4 Å². The number of rotatable bonds is 5. The fourth-order valence-electron chi connectivity index (χ4n) is 1.83. The molecular weight excluding hydrogens is 230 g/mol. The summed E-state index contributed by atoms with van der Waals surface area (Å²) in [7, 11) is 0. The van der Waals surface area contributed by atoms with Crippen LogP contribution >= 0.6 is 0 Å². The van der Waals surface area contributed by atoms with Crippen LogP contribution in [-0.4, -0.2) is 64.1 Å². The van der Waals surface area contributed by atoms with E-state index in [2.05, 4.69) is 10.0 Å². The summed E-state index contributed by atoms with van der Waals surface area (Å²) in [5, 5.41) is 41.0. The van der Waals surface area contributed by atoms with Gasteiger partial charge in [0.15, 0.2) is 0 Å². The molecule has 0 aromatic carbocycles. The SMILES string of the molecule is [N-]=[N+]=NCCC[C@H]1OC(CO)[C@H](O)C(O)C1O. The van der Waals surface area contributed by atoms with E-state index in [0.29, 0.717) is 12.8 Å². The number of hydrogen-bond donors (Lipinski definition) is 4. The summed E-state index contributed by atoms with van der Waals surface area (Å²) in [6, 6.07) is 0. The van der Waals surface area contributed by atoms with E-state index in [4.69, 9.17) is 15.4 Å². The van der Waals surface area contributed by atoms with Gasteiger partial charge >= 0.3 is 0 Å². The van der Waals surface area contributed by atoms with Gasteiger partial charge in [0.25, 0.3) is 0 Å². The lowest BCUT2D eigenvalue weighted by Crippen LogP contribution is -2.58. The molecule has 0 radical (unpaired) electrons. The van der Waals surface area contributed by atoms with E-state index in [-0.39, 0.29) is 6.54 Å². The molecule has 0 saturated carbocycles. The minimum Gasteiger partial charge on any atom is -0.394 e. The second kappa shape index (κ2) is 6.75. The van der Waals surface area contributed by atoms with Gasteiger partial charge in [-0.3, -0.25) is 0 Å². The first kappa shape index (κ1) is 14.2. The van der Waals surface area contributed by atoms with Crippen LogP contribution in [0, 0.1) is 0 Å². The molecule has 1 rings (SSSR count). The minimum atomic E-state index is -1.34. The van der Waals surface area contributed by atoms with Crippen molar-refractivity contribution in [2.75, 3.05) is 13.2 Å². The molecular formula is C9H17N3O5. The van der Waals surface area contributed by atoms with Gasteiger partial charge in [-0.2, -0.15) is 0 Å². The van der Waals surface area contributed by atoms with Gasteiger partial charge in [0.1, 0.15) is 24.4 Å². The van der Waals surface area contributed by atoms with Crippen LogP contribution in [0.5, 0.6) is 0 Å². The Bertz CT molecular complexity index is 282. The van der Waals surface area contributed by atoms with Gasteiger partial charge in [0, 0.05) is 11.5 Å². The summed E-state index contributed by atoms with van der Waals surface area (Å²) in [6.07, 6.45) is -4.57. The van der Waals surface area contributed by atoms with E-state index in [1.165, 1.54) is 0 Å². The maximum Gasteiger partial charge on any atom is 0.111 e. The van der Waals surface area contributed by atoms with Crippen molar-refractivity contribution in [1.29, 1.82) is 0 Å². The molecule has 8 nitrogen and oxygen atoms in total. The number of aliphatic hydroxyl groups is 4. The van der Waals surface area contributed by atoms with E-state index in [9.17, 15) is 15.3 Å². The molecule has 1 heterocycles. The highest BCUT2D eigenvalue weighted by Crippen LogP contribution is 2.23. The third-order valence-corrected chi connectivity index (χ3v) is 2.80. The normalized spacial score (nSPS) is 37.5. The molecule has 3 unspecified atom stereocenters. The van der Waals surface area contributed by atoms with Crippen LogP contribution in [0.3, 0.4) is 0 Å². The second-order valence-electron chi connectivity index (χ2n) is 3.96. The molecule has 0 aromatic rings. The van der Waals surface area contributed by atoms with Gasteiger partial charge in [0.05, 0.1) is 12.7 Å². The summed E-state index contributed by atoms with van der Waals surface area (Å²) in [5.74, 6) is 0. The molecule has 98 valence electrons. The molecule has 0 aromatic heterocycles. The fraction of sp³-hybridized carbons (Fsp3) is 1.00. The van der Waals surface area contributed by atoms with E-state index >= 15 is 0 Å². The van der Waals surface area contributed by atoms with Gasteiger partial charge < -0.3 is 25.2 Å². The average Bonchev–Trinajstić information content (AvgIpc) is 2.34. The van der Waals surface area contributed by atoms with Crippen molar-refractivity contribution < 1.29 is 25.2 Å². The van der Waals surface area contributed by atoms with Crippen LogP contribution in [0.25, 0.3) is 10.4 Å². The first-order valence-electron chi connectivity index (χ1n) is 5.43. The van der Waals surface area contributed by atoms with Crippen molar-refractivity contribution in [1.82, 2.24) is 0 Å². The molecule has 1 aliphatic rings. The zero-order chi connectivity index (χ0) is 12.8. The quantitative estimate of drug-likeness (QED) is 0.212. The summed E-state index contributed by atoms with van der Waals surface area (Å²) < 4.78 is 5.27. The van der Waals surface area contributed by atoms with E-state index in [1.807, 2.05) is 0 Å². The van der Waals surface area contributed by atoms with Crippen LogP contribution in [0.1, 0.15) is 12.8 Å². The first-order valence-corrected chi connectivity index (χ1v) is 5.43. The van der Waals surface area contributed by atoms with Crippen molar-refractivity contribution in [3.05, 3.63) is 10.4 Å². The second-order valence-corrected chi connectivity index (χ2v) is 3.96. The van der Waals surface area contributed by atoms with Gasteiger partial charge in [-0.15, -0.1) is 0 Å². The number of aliphatic hydroxyl groups excluding tert-OH is 4. The highest BCUT2D eigenvalue weighted by molar-refractivity contribution is 4.91. The number of azide groups is 1. The Morgan fingerprint density at radius 2 is 1.76 bits per heavy atom. The Morgan fingerprint density at radius 3 is 2.35 bits per heavy atom. The molecule has 5 atom stereocenters. The lowest BCUT2D eigenvalue weighted by molar-refractivity contribution is -0.230. The standard InChI is InChI=1S/C9H17N3O5/c10-12-11-3-1-2-5-7(14)9(16)8(15)6(4-13)17-5/h5-9,13-16H,1-4H2/t5-,6?,7?,8+,9?/m1/s1. The number of nitrogens with zero attached hydrogens (tertiary/aromatic N) is 3. The number of hydrogen-bond acceptors (Lipinski definition) is 6. The lowest BCUT2D eigenvalue weighted by Gasteiger charge is -2.40. The maximum atomic E-state index is 9.66. The smallest absolute Gasteiger partial charge is 0.111 e. The molecule has 4 N–H and O–H groups in total. The highest BCUT2D eigenvalue weighted by Gasteiger charge is 2.42. The van der Waals surface area contributed by atoms with Gasteiger partial charge in [-0.1, -0.05) is 5.11 Å². The van der Waals surface area contributed by atoms with Crippen LogP contribution in [0.2, 0.25) is 0 Å². The third kappa shape index (κ3) is 3.53. The maximum absolute atomic E-state index is 9.66. The summed E-state index contributed by atoms with van der Waals surface area (Å²) in [5.41, 5.74) is 8.08. The molecule has 8 heteroatoms. The van der Waals surface area contributed by atoms with Gasteiger partial charge in [0.2, 0.25) is 0 Å². The Hall–Kier alpha value is -0.890. The van der Waals surface area contributed by atoms with E-state index < -0.39 is 37.1 Å². The van der Waals surface area contributed by atoms with Crippen molar-refractivity contribution in [3.63, 3.8) is 0 Å². The van der Waals surface area contributed by atoms with Crippen LogP contribution in [0.4, 0.5) is 0 Å². The lowest BCUT2D eigenvalue weighted by atomic mass is 9.93. The Morgan fingerprint density at radius 1 is 1.12 bits per heavy atom. The predicted octanol–water partition coefficient (Wildman–Crippen LogP) is -1.08. The third-order valence-electron chi connectivity index (χ3n) is 2.80. The molecule has 1 fully saturated rings. The predicted molar refractivity (Wildman–Crippen MR) is 57.0 cm³/mol. The zero-order valence-electron chi connectivity index (χ0n) is 9.25. The molecule has 0 spiro atoms. The van der Waals surface area contributed by atoms with Crippen molar-refractivity contribution in [2.24, 2.45) is 5.11 Å². The molecule has 0 aliphatic carbocycles. The largest absolute Gasteiger partial charge is 0.394 e. The molecule has 1 aliphatic heterocycles. The summed E-state index contributed by atoms with van der Waals surface area (Å²) in [6.45, 7) is -0.163. The first-order chi connectivity index (χ1) is 8.11. The summed E-state index contributed by atoms with van der Waals surface area (Å²) >= 11 is 0. The fourth-order valence-corrected chi connectivity index (χ4v) is 1.83. The van der Waals surface area contributed by atoms with Crippen LogP contribution in [-0.2, 0) is 4.74 Å². The van der Waals surface area contributed by atoms with E-state index in [1.54, 1.807) is 0 Å². The zero-order valence-corrected chi connectivity index (χ0v) is 9.25. The number of ether oxygens (including phenoxy) is 1. The van der Waals surface area contributed by atoms with Crippen molar-refractivity contribution in [3.8, 4) is 0 Å². The molecule has 17 heavy (non-hydrogen) atoms. The molecule has 0 amide bonds. The van der Waals surface area contributed by atoms with Crippen LogP contribution < -0.4 is 0 Å². The monoisotopic (exact) mass is 247 g/mol. The minimum absolute atomic E-state index is 0.269. The Kier molecular flexibility index (Phi) is 5.63. The molecule has 0 bridgehead atoms. The van der Waals surface area contributed by atoms with Crippen molar-refractivity contribution in [2.45, 2.75) is 43.4 Å². The Labute approximate surface area is 98.1 Å². The topological polar surface area (TPSA) is 139 Å². The van der Waals surface area contributed by atoms with E-state index in [0.717, 1.165) is 0 Å². The van der Waals surface area contributed by atoms with Crippen LogP contribution in [0.15, 0.2) is 5.11 Å². The van der Waals surface area contributed by atoms with Gasteiger partial charge in [-0.25, -0.2) is 0 Å². The molecule has 1 saturated heterocycles. The summed E-state index contributed by atoms with van der Waals surface area (Å²) in [4.78, 5) is 2.59. The Balaban J connectivity index is 2.50. The van der Waals surface area contributed by atoms with Crippen molar-refractivity contribution >= 4 is 0 Å². The average molecular weight is 247 g/mol. The highest BCUT2D eigenvalue weighted by atomic mass is 16.5.